The first-order valence-electron chi connectivity index (χ1n) is 8.82. The smallest absolute Gasteiger partial charge is 0.224 e. The number of hydrogen-bond donors (Lipinski definition) is 1. The molecule has 1 aliphatic carbocycles. The predicted molar refractivity (Wildman–Crippen MR) is 101 cm³/mol. The third-order valence-electron chi connectivity index (χ3n) is 4.74. The fraction of sp³-hybridized carbons (Fsp3) is 0.333. The quantitative estimate of drug-likeness (QED) is 0.722. The summed E-state index contributed by atoms with van der Waals surface area (Å²) >= 11 is 6.08. The number of hydrogen-bond acceptors (Lipinski definition) is 2. The maximum atomic E-state index is 12.8. The van der Waals surface area contributed by atoms with Crippen molar-refractivity contribution in [3.8, 4) is 0 Å². The van der Waals surface area contributed by atoms with E-state index >= 15 is 0 Å². The van der Waals surface area contributed by atoms with Crippen molar-refractivity contribution in [2.75, 3.05) is 5.32 Å². The lowest BCUT2D eigenvalue weighted by Gasteiger charge is -2.21. The molecule has 0 bridgehead atoms. The average molecular weight is 356 g/mol. The van der Waals surface area contributed by atoms with Crippen LogP contribution in [0.1, 0.15) is 54.4 Å². The Morgan fingerprint density at radius 2 is 1.72 bits per heavy atom. The molecule has 3 nitrogen and oxygen atoms in total. The van der Waals surface area contributed by atoms with E-state index in [1.807, 2.05) is 18.2 Å². The summed E-state index contributed by atoms with van der Waals surface area (Å²) in [5.41, 5.74) is 1.53. The highest BCUT2D eigenvalue weighted by Gasteiger charge is 2.19. The Bertz CT molecular complexity index is 752. The largest absolute Gasteiger partial charge is 0.325 e. The van der Waals surface area contributed by atoms with Crippen molar-refractivity contribution in [2.24, 2.45) is 5.92 Å². The van der Waals surface area contributed by atoms with Crippen molar-refractivity contribution >= 4 is 29.0 Å². The Balaban J connectivity index is 1.77. The molecule has 0 atom stereocenters. The van der Waals surface area contributed by atoms with Crippen LogP contribution in [0, 0.1) is 5.92 Å². The number of halogens is 1. The van der Waals surface area contributed by atoms with Crippen LogP contribution in [-0.2, 0) is 4.79 Å². The molecule has 0 heterocycles. The van der Waals surface area contributed by atoms with Gasteiger partial charge in [-0.2, -0.15) is 0 Å². The van der Waals surface area contributed by atoms with Crippen LogP contribution in [-0.4, -0.2) is 11.7 Å². The van der Waals surface area contributed by atoms with Crippen molar-refractivity contribution in [2.45, 2.75) is 38.5 Å². The van der Waals surface area contributed by atoms with Gasteiger partial charge in [0.15, 0.2) is 5.78 Å². The number of amides is 1. The summed E-state index contributed by atoms with van der Waals surface area (Å²) in [5, 5.41) is 3.39. The monoisotopic (exact) mass is 355 g/mol. The number of anilines is 1. The lowest BCUT2D eigenvalue weighted by Crippen LogP contribution is -2.19. The van der Waals surface area contributed by atoms with Gasteiger partial charge >= 0.3 is 0 Å². The predicted octanol–water partition coefficient (Wildman–Crippen LogP) is 5.48. The number of ketones is 1. The molecular formula is C21H22ClNO2. The van der Waals surface area contributed by atoms with Gasteiger partial charge < -0.3 is 5.32 Å². The highest BCUT2D eigenvalue weighted by molar-refractivity contribution is 6.31. The van der Waals surface area contributed by atoms with Gasteiger partial charge in [-0.3, -0.25) is 9.59 Å². The van der Waals surface area contributed by atoms with Crippen molar-refractivity contribution in [3.05, 3.63) is 64.7 Å². The molecule has 0 aliphatic heterocycles. The van der Waals surface area contributed by atoms with Crippen LogP contribution in [0.15, 0.2) is 48.5 Å². The minimum Gasteiger partial charge on any atom is -0.325 e. The molecule has 2 aromatic rings. The number of benzene rings is 2. The summed E-state index contributed by atoms with van der Waals surface area (Å²) in [7, 11) is 0. The van der Waals surface area contributed by atoms with E-state index in [2.05, 4.69) is 5.32 Å². The minimum absolute atomic E-state index is 0.0312. The van der Waals surface area contributed by atoms with Gasteiger partial charge in [0, 0.05) is 22.6 Å². The molecule has 0 unspecified atom stereocenters. The zero-order valence-corrected chi connectivity index (χ0v) is 14.9. The second-order valence-corrected chi connectivity index (χ2v) is 7.08. The van der Waals surface area contributed by atoms with E-state index in [9.17, 15) is 9.59 Å². The first-order chi connectivity index (χ1) is 12.1. The maximum absolute atomic E-state index is 12.8. The molecule has 0 spiro atoms. The second kappa shape index (κ2) is 8.30. The molecule has 3 rings (SSSR count). The Labute approximate surface area is 153 Å². The van der Waals surface area contributed by atoms with E-state index < -0.39 is 0 Å². The molecular weight excluding hydrogens is 334 g/mol. The molecule has 1 saturated carbocycles. The Morgan fingerprint density at radius 1 is 1.00 bits per heavy atom. The number of carbonyl (C=O) groups excluding carboxylic acids is 2. The lowest BCUT2D eigenvalue weighted by molar-refractivity contribution is -0.117. The summed E-state index contributed by atoms with van der Waals surface area (Å²) in [6, 6.07) is 14.0. The third kappa shape index (κ3) is 4.70. The SMILES string of the molecule is O=C(CC1CCCCC1)Nc1ccc(Cl)cc1C(=O)c1ccccc1. The molecule has 1 aliphatic rings. The summed E-state index contributed by atoms with van der Waals surface area (Å²) in [5.74, 6) is 0.279. The molecule has 1 amide bonds. The van der Waals surface area contributed by atoms with Gasteiger partial charge in [-0.1, -0.05) is 61.2 Å². The standard InChI is InChI=1S/C21H22ClNO2/c22-17-11-12-19(23-20(24)13-15-7-3-1-4-8-15)18(14-17)21(25)16-9-5-2-6-10-16/h2,5-6,9-12,14-15H,1,3-4,7-8,13H2,(H,23,24). The van der Waals surface area contributed by atoms with Gasteiger partial charge in [-0.05, 0) is 37.0 Å². The van der Waals surface area contributed by atoms with Crippen LogP contribution in [0.3, 0.4) is 0 Å². The van der Waals surface area contributed by atoms with Gasteiger partial charge in [0.1, 0.15) is 0 Å². The topological polar surface area (TPSA) is 46.2 Å². The molecule has 130 valence electrons. The number of nitrogens with one attached hydrogen (secondary N) is 1. The minimum atomic E-state index is -0.143. The van der Waals surface area contributed by atoms with Gasteiger partial charge in [0.25, 0.3) is 0 Å². The summed E-state index contributed by atoms with van der Waals surface area (Å²) in [6.45, 7) is 0. The second-order valence-electron chi connectivity index (χ2n) is 6.64. The molecule has 2 aromatic carbocycles. The van der Waals surface area contributed by atoms with Crippen LogP contribution in [0.4, 0.5) is 5.69 Å². The Morgan fingerprint density at radius 3 is 2.44 bits per heavy atom. The summed E-state index contributed by atoms with van der Waals surface area (Å²) in [4.78, 5) is 25.2. The normalized spacial score (nSPS) is 14.9. The lowest BCUT2D eigenvalue weighted by atomic mass is 9.87. The maximum Gasteiger partial charge on any atom is 0.224 e. The van der Waals surface area contributed by atoms with E-state index in [-0.39, 0.29) is 11.7 Å². The van der Waals surface area contributed by atoms with E-state index in [1.165, 1.54) is 19.3 Å². The number of carbonyl (C=O) groups is 2. The molecule has 1 fully saturated rings. The number of rotatable bonds is 5. The van der Waals surface area contributed by atoms with Crippen molar-refractivity contribution in [1.29, 1.82) is 0 Å². The first kappa shape index (κ1) is 17.7. The van der Waals surface area contributed by atoms with E-state index in [0.717, 1.165) is 12.8 Å². The average Bonchev–Trinajstić information content (AvgIpc) is 2.64. The van der Waals surface area contributed by atoms with E-state index in [4.69, 9.17) is 11.6 Å². The molecule has 0 saturated heterocycles. The van der Waals surface area contributed by atoms with E-state index in [0.29, 0.717) is 34.2 Å². The third-order valence-corrected chi connectivity index (χ3v) is 4.97. The molecule has 4 heteroatoms. The van der Waals surface area contributed by atoms with Crippen LogP contribution < -0.4 is 5.32 Å². The highest BCUT2D eigenvalue weighted by atomic mass is 35.5. The van der Waals surface area contributed by atoms with Gasteiger partial charge in [-0.25, -0.2) is 0 Å². The Hall–Kier alpha value is -2.13. The highest BCUT2D eigenvalue weighted by Crippen LogP contribution is 2.28. The first-order valence-corrected chi connectivity index (χ1v) is 9.20. The van der Waals surface area contributed by atoms with Gasteiger partial charge in [-0.15, -0.1) is 0 Å². The zero-order valence-electron chi connectivity index (χ0n) is 14.1. The molecule has 0 aromatic heterocycles. The van der Waals surface area contributed by atoms with Crippen LogP contribution in [0.5, 0.6) is 0 Å². The zero-order chi connectivity index (χ0) is 17.6. The van der Waals surface area contributed by atoms with Crippen molar-refractivity contribution < 1.29 is 9.59 Å². The van der Waals surface area contributed by atoms with Crippen LogP contribution in [0.25, 0.3) is 0 Å². The van der Waals surface area contributed by atoms with Gasteiger partial charge in [0.05, 0.1) is 5.69 Å². The molecule has 25 heavy (non-hydrogen) atoms. The van der Waals surface area contributed by atoms with Gasteiger partial charge in [0.2, 0.25) is 5.91 Å². The van der Waals surface area contributed by atoms with Crippen LogP contribution >= 0.6 is 11.6 Å². The fourth-order valence-electron chi connectivity index (χ4n) is 3.41. The van der Waals surface area contributed by atoms with E-state index in [1.54, 1.807) is 30.3 Å². The van der Waals surface area contributed by atoms with Crippen molar-refractivity contribution in [1.82, 2.24) is 0 Å². The summed E-state index contributed by atoms with van der Waals surface area (Å²) in [6.07, 6.45) is 6.42. The molecule has 1 N–H and O–H groups in total. The summed E-state index contributed by atoms with van der Waals surface area (Å²) < 4.78 is 0. The Kier molecular flexibility index (Phi) is 5.87. The van der Waals surface area contributed by atoms with Crippen molar-refractivity contribution in [3.63, 3.8) is 0 Å². The fourth-order valence-corrected chi connectivity index (χ4v) is 3.59. The molecule has 0 radical (unpaired) electrons. The van der Waals surface area contributed by atoms with Crippen LogP contribution in [0.2, 0.25) is 5.02 Å².